The van der Waals surface area contributed by atoms with Crippen LogP contribution in [0.4, 0.5) is 0 Å². The Hall–Kier alpha value is -1.60. The lowest BCUT2D eigenvalue weighted by Gasteiger charge is -2.24. The summed E-state index contributed by atoms with van der Waals surface area (Å²) in [5.74, 6) is 0.886. The first kappa shape index (κ1) is 13.4. The maximum Gasteiger partial charge on any atom is 0.0363 e. The van der Waals surface area contributed by atoms with E-state index in [-0.39, 0.29) is 0 Å². The smallest absolute Gasteiger partial charge is 0.0363 e. The molecule has 2 aromatic carbocycles. The second-order valence-electron chi connectivity index (χ2n) is 5.95. The van der Waals surface area contributed by atoms with E-state index in [1.165, 1.54) is 24.0 Å². The Morgan fingerprint density at radius 1 is 0.950 bits per heavy atom. The molecule has 0 aliphatic heterocycles. The van der Waals surface area contributed by atoms with Crippen LogP contribution in [0.5, 0.6) is 0 Å². The topological polar surface area (TPSA) is 12.0 Å². The van der Waals surface area contributed by atoms with Gasteiger partial charge in [0.15, 0.2) is 0 Å². The third kappa shape index (κ3) is 3.49. The van der Waals surface area contributed by atoms with Crippen LogP contribution in [0.2, 0.25) is 0 Å². The molecule has 104 valence electrons. The molecule has 1 fully saturated rings. The van der Waals surface area contributed by atoms with Crippen molar-refractivity contribution in [3.05, 3.63) is 71.8 Å². The minimum absolute atomic E-state index is 0.411. The van der Waals surface area contributed by atoms with Crippen molar-refractivity contribution in [2.24, 2.45) is 5.92 Å². The summed E-state index contributed by atoms with van der Waals surface area (Å²) in [6.45, 7) is 2.33. The van der Waals surface area contributed by atoms with Gasteiger partial charge in [-0.25, -0.2) is 0 Å². The highest BCUT2D eigenvalue weighted by atomic mass is 15.0. The number of rotatable bonds is 6. The van der Waals surface area contributed by atoms with E-state index in [1.807, 2.05) is 0 Å². The van der Waals surface area contributed by atoms with Gasteiger partial charge in [-0.2, -0.15) is 0 Å². The van der Waals surface area contributed by atoms with Gasteiger partial charge in [0.05, 0.1) is 0 Å². The van der Waals surface area contributed by atoms with Crippen LogP contribution in [0.1, 0.15) is 36.9 Å². The van der Waals surface area contributed by atoms with Gasteiger partial charge in [-0.15, -0.1) is 0 Å². The lowest BCUT2D eigenvalue weighted by atomic mass is 9.97. The van der Waals surface area contributed by atoms with Crippen LogP contribution >= 0.6 is 0 Å². The van der Waals surface area contributed by atoms with Gasteiger partial charge < -0.3 is 5.32 Å². The van der Waals surface area contributed by atoms with Crippen molar-refractivity contribution < 1.29 is 0 Å². The summed E-state index contributed by atoms with van der Waals surface area (Å²) < 4.78 is 0. The summed E-state index contributed by atoms with van der Waals surface area (Å²) in [7, 11) is 0. The standard InChI is InChI=1S/C19H23N/c1-15(17-12-13-17)20-19(18-10-6-3-7-11-18)14-16-8-4-2-5-9-16/h2-11,15,17,19-20H,12-14H2,1H3. The molecule has 1 heteroatoms. The largest absolute Gasteiger partial charge is 0.307 e. The van der Waals surface area contributed by atoms with E-state index < -0.39 is 0 Å². The molecule has 0 spiro atoms. The van der Waals surface area contributed by atoms with E-state index in [4.69, 9.17) is 0 Å². The Morgan fingerprint density at radius 3 is 2.15 bits per heavy atom. The predicted octanol–water partition coefficient (Wildman–Crippen LogP) is 4.36. The molecule has 2 unspecified atom stereocenters. The molecular formula is C19H23N. The Labute approximate surface area is 122 Å². The Kier molecular flexibility index (Phi) is 4.17. The summed E-state index contributed by atoms with van der Waals surface area (Å²) >= 11 is 0. The molecule has 0 bridgehead atoms. The fourth-order valence-electron chi connectivity index (χ4n) is 2.86. The number of benzene rings is 2. The molecule has 1 aliphatic carbocycles. The highest BCUT2D eigenvalue weighted by molar-refractivity contribution is 5.24. The van der Waals surface area contributed by atoms with Crippen molar-refractivity contribution in [1.29, 1.82) is 0 Å². The fourth-order valence-corrected chi connectivity index (χ4v) is 2.86. The van der Waals surface area contributed by atoms with E-state index in [0.29, 0.717) is 12.1 Å². The maximum atomic E-state index is 3.84. The summed E-state index contributed by atoms with van der Waals surface area (Å²) in [5, 5.41) is 3.84. The third-order valence-corrected chi connectivity index (χ3v) is 4.28. The molecule has 0 saturated heterocycles. The lowest BCUT2D eigenvalue weighted by Crippen LogP contribution is -2.33. The molecule has 1 N–H and O–H groups in total. The number of hydrogen-bond acceptors (Lipinski definition) is 1. The molecule has 1 aliphatic rings. The van der Waals surface area contributed by atoms with Crippen molar-refractivity contribution in [2.45, 2.75) is 38.3 Å². The van der Waals surface area contributed by atoms with Crippen molar-refractivity contribution in [3.63, 3.8) is 0 Å². The van der Waals surface area contributed by atoms with Crippen molar-refractivity contribution >= 4 is 0 Å². The van der Waals surface area contributed by atoms with Gasteiger partial charge in [0.2, 0.25) is 0 Å². The Balaban J connectivity index is 1.75. The first-order chi connectivity index (χ1) is 9.83. The van der Waals surface area contributed by atoms with Crippen molar-refractivity contribution in [1.82, 2.24) is 5.32 Å². The molecule has 0 radical (unpaired) electrons. The van der Waals surface area contributed by atoms with Crippen molar-refractivity contribution in [2.75, 3.05) is 0 Å². The average Bonchev–Trinajstić information content (AvgIpc) is 3.33. The van der Waals surface area contributed by atoms with Crippen LogP contribution in [0.15, 0.2) is 60.7 Å². The fraction of sp³-hybridized carbons (Fsp3) is 0.368. The SMILES string of the molecule is CC(NC(Cc1ccccc1)c1ccccc1)C1CC1. The predicted molar refractivity (Wildman–Crippen MR) is 84.7 cm³/mol. The normalized spacial score (nSPS) is 17.6. The molecule has 2 aromatic rings. The Morgan fingerprint density at radius 2 is 1.55 bits per heavy atom. The molecule has 2 atom stereocenters. The average molecular weight is 265 g/mol. The summed E-state index contributed by atoms with van der Waals surface area (Å²) in [5.41, 5.74) is 2.79. The first-order valence-electron chi connectivity index (χ1n) is 7.68. The zero-order valence-electron chi connectivity index (χ0n) is 12.1. The first-order valence-corrected chi connectivity index (χ1v) is 7.68. The zero-order chi connectivity index (χ0) is 13.8. The van der Waals surface area contributed by atoms with Crippen LogP contribution in [0, 0.1) is 5.92 Å². The summed E-state index contributed by atoms with van der Waals surface area (Å²) in [4.78, 5) is 0. The molecule has 3 rings (SSSR count). The monoisotopic (exact) mass is 265 g/mol. The van der Waals surface area contributed by atoms with Gasteiger partial charge in [-0.1, -0.05) is 60.7 Å². The molecular weight excluding hydrogens is 242 g/mol. The molecule has 1 saturated carbocycles. The molecule has 0 heterocycles. The highest BCUT2D eigenvalue weighted by Crippen LogP contribution is 2.34. The highest BCUT2D eigenvalue weighted by Gasteiger charge is 2.29. The molecule has 20 heavy (non-hydrogen) atoms. The van der Waals surface area contributed by atoms with E-state index in [0.717, 1.165) is 12.3 Å². The summed E-state index contributed by atoms with van der Waals surface area (Å²) in [6.07, 6.45) is 3.84. The van der Waals surface area contributed by atoms with Gasteiger partial charge in [-0.05, 0) is 43.2 Å². The molecule has 1 nitrogen and oxygen atoms in total. The van der Waals surface area contributed by atoms with Crippen LogP contribution < -0.4 is 5.32 Å². The second kappa shape index (κ2) is 6.23. The van der Waals surface area contributed by atoms with Gasteiger partial charge in [0.1, 0.15) is 0 Å². The summed E-state index contributed by atoms with van der Waals surface area (Å²) in [6, 6.07) is 22.6. The lowest BCUT2D eigenvalue weighted by molar-refractivity contribution is 0.420. The molecule has 0 amide bonds. The van der Waals surface area contributed by atoms with Crippen LogP contribution in [-0.2, 0) is 6.42 Å². The van der Waals surface area contributed by atoms with Crippen LogP contribution in [0.25, 0.3) is 0 Å². The van der Waals surface area contributed by atoms with Gasteiger partial charge in [-0.3, -0.25) is 0 Å². The molecule has 0 aromatic heterocycles. The third-order valence-electron chi connectivity index (χ3n) is 4.28. The quantitative estimate of drug-likeness (QED) is 0.818. The van der Waals surface area contributed by atoms with E-state index in [1.54, 1.807) is 0 Å². The van der Waals surface area contributed by atoms with Crippen molar-refractivity contribution in [3.8, 4) is 0 Å². The van der Waals surface area contributed by atoms with E-state index >= 15 is 0 Å². The van der Waals surface area contributed by atoms with Gasteiger partial charge in [0.25, 0.3) is 0 Å². The second-order valence-corrected chi connectivity index (χ2v) is 5.95. The van der Waals surface area contributed by atoms with Crippen LogP contribution in [0.3, 0.4) is 0 Å². The zero-order valence-corrected chi connectivity index (χ0v) is 12.1. The van der Waals surface area contributed by atoms with Crippen LogP contribution in [-0.4, -0.2) is 6.04 Å². The number of nitrogens with one attached hydrogen (secondary N) is 1. The van der Waals surface area contributed by atoms with Gasteiger partial charge >= 0.3 is 0 Å². The number of hydrogen-bond donors (Lipinski definition) is 1. The van der Waals surface area contributed by atoms with Gasteiger partial charge in [0, 0.05) is 12.1 Å². The Bertz CT molecular complexity index is 516. The van der Waals surface area contributed by atoms with E-state index in [9.17, 15) is 0 Å². The minimum atomic E-state index is 0.411. The van der Waals surface area contributed by atoms with E-state index in [2.05, 4.69) is 72.9 Å². The minimum Gasteiger partial charge on any atom is -0.307 e. The maximum absolute atomic E-state index is 3.84.